The summed E-state index contributed by atoms with van der Waals surface area (Å²) in [5, 5.41) is 11.3. The Morgan fingerprint density at radius 2 is 1.91 bits per heavy atom. The van der Waals surface area contributed by atoms with E-state index < -0.39 is 0 Å². The summed E-state index contributed by atoms with van der Waals surface area (Å²) in [7, 11) is 0. The number of hydrogen-bond acceptors (Lipinski definition) is 5. The molecule has 6 heteroatoms. The Hall–Kier alpha value is -1.43. The third-order valence-corrected chi connectivity index (χ3v) is 5.54. The molecule has 3 nitrogen and oxygen atoms in total. The predicted molar refractivity (Wildman–Crippen MR) is 93.6 cm³/mol. The molecule has 2 heterocycles. The van der Waals surface area contributed by atoms with Crippen LogP contribution < -0.4 is 0 Å². The minimum Gasteiger partial charge on any atom is -0.246 e. The van der Waals surface area contributed by atoms with Crippen molar-refractivity contribution in [3.63, 3.8) is 0 Å². The van der Waals surface area contributed by atoms with Crippen molar-refractivity contribution in [2.75, 3.05) is 0 Å². The van der Waals surface area contributed by atoms with E-state index in [1.165, 1.54) is 0 Å². The molecule has 0 saturated carbocycles. The van der Waals surface area contributed by atoms with Crippen LogP contribution in [-0.4, -0.2) is 15.2 Å². The maximum absolute atomic E-state index is 6.16. The van der Waals surface area contributed by atoms with Gasteiger partial charge in [0.2, 0.25) is 0 Å². The monoisotopic (exact) mass is 347 g/mol. The van der Waals surface area contributed by atoms with Gasteiger partial charge in [0.05, 0.1) is 15.6 Å². The number of thiazole rings is 1. The molecule has 0 amide bonds. The Morgan fingerprint density at radius 1 is 1.09 bits per heavy atom. The zero-order chi connectivity index (χ0) is 15.5. The smallest absolute Gasteiger partial charge is 0.119 e. The summed E-state index contributed by atoms with van der Waals surface area (Å²) in [6, 6.07) is 11.9. The molecule has 0 atom stereocenters. The Bertz CT molecular complexity index is 784. The van der Waals surface area contributed by atoms with Crippen LogP contribution in [0, 0.1) is 13.8 Å². The third kappa shape index (κ3) is 3.48. The quantitative estimate of drug-likeness (QED) is 0.611. The first-order valence-electron chi connectivity index (χ1n) is 6.78. The van der Waals surface area contributed by atoms with Gasteiger partial charge in [-0.1, -0.05) is 41.6 Å². The minimum atomic E-state index is 0.784. The van der Waals surface area contributed by atoms with Crippen LogP contribution in [0.3, 0.4) is 0 Å². The van der Waals surface area contributed by atoms with Crippen molar-refractivity contribution < 1.29 is 0 Å². The number of aromatic nitrogens is 3. The van der Waals surface area contributed by atoms with E-state index in [2.05, 4.69) is 15.2 Å². The van der Waals surface area contributed by atoms with Gasteiger partial charge in [-0.05, 0) is 37.6 Å². The normalized spacial score (nSPS) is 10.9. The number of hydrogen-bond donors (Lipinski definition) is 0. The van der Waals surface area contributed by atoms with E-state index in [-0.39, 0.29) is 0 Å². The Balaban J connectivity index is 1.72. The second kappa shape index (κ2) is 6.77. The molecule has 1 aromatic carbocycles. The SMILES string of the molecule is Cc1nc(C)c(-c2ccc(SCc3ccccc3Cl)nn2)s1. The number of nitrogens with zero attached hydrogens (tertiary/aromatic N) is 3. The van der Waals surface area contributed by atoms with Gasteiger partial charge >= 0.3 is 0 Å². The van der Waals surface area contributed by atoms with Gasteiger partial charge < -0.3 is 0 Å². The summed E-state index contributed by atoms with van der Waals surface area (Å²) in [6.07, 6.45) is 0. The highest BCUT2D eigenvalue weighted by Gasteiger charge is 2.10. The number of benzene rings is 1. The fourth-order valence-electron chi connectivity index (χ4n) is 2.05. The summed E-state index contributed by atoms with van der Waals surface area (Å²) >= 11 is 9.44. The van der Waals surface area contributed by atoms with Crippen LogP contribution in [-0.2, 0) is 5.75 Å². The average molecular weight is 348 g/mol. The maximum atomic E-state index is 6.16. The van der Waals surface area contributed by atoms with Crippen LogP contribution in [0.25, 0.3) is 10.6 Å². The lowest BCUT2D eigenvalue weighted by Gasteiger charge is -2.03. The second-order valence-electron chi connectivity index (χ2n) is 4.78. The predicted octanol–water partition coefficient (Wildman–Crippen LogP) is 5.16. The van der Waals surface area contributed by atoms with E-state index in [0.717, 1.165) is 42.6 Å². The lowest BCUT2D eigenvalue weighted by atomic mass is 10.2. The summed E-state index contributed by atoms with van der Waals surface area (Å²) in [5.74, 6) is 0.784. The average Bonchev–Trinajstić information content (AvgIpc) is 2.86. The Morgan fingerprint density at radius 3 is 2.55 bits per heavy atom. The molecule has 3 rings (SSSR count). The first-order chi connectivity index (χ1) is 10.6. The van der Waals surface area contributed by atoms with Crippen molar-refractivity contribution in [1.82, 2.24) is 15.2 Å². The molecule has 0 aliphatic heterocycles. The standard InChI is InChI=1S/C16H14ClN3S2/c1-10-16(22-11(2)18-10)14-7-8-15(20-19-14)21-9-12-5-3-4-6-13(12)17/h3-8H,9H2,1-2H3. The largest absolute Gasteiger partial charge is 0.246 e. The zero-order valence-electron chi connectivity index (χ0n) is 12.2. The van der Waals surface area contributed by atoms with Crippen LogP contribution >= 0.6 is 34.7 Å². The Kier molecular flexibility index (Phi) is 4.76. The van der Waals surface area contributed by atoms with Gasteiger partial charge in [-0.25, -0.2) is 4.98 Å². The highest BCUT2D eigenvalue weighted by Crippen LogP contribution is 2.29. The molecule has 0 aliphatic rings. The molecule has 2 aromatic heterocycles. The molecule has 0 bridgehead atoms. The number of rotatable bonds is 4. The van der Waals surface area contributed by atoms with Crippen molar-refractivity contribution in [2.24, 2.45) is 0 Å². The van der Waals surface area contributed by atoms with Crippen molar-refractivity contribution in [3.05, 3.63) is 57.7 Å². The number of halogens is 1. The summed E-state index contributed by atoms with van der Waals surface area (Å²) < 4.78 is 0. The molecule has 0 fully saturated rings. The molecule has 0 radical (unpaired) electrons. The van der Waals surface area contributed by atoms with Gasteiger partial charge in [0.15, 0.2) is 0 Å². The van der Waals surface area contributed by atoms with Gasteiger partial charge in [-0.3, -0.25) is 0 Å². The molecular weight excluding hydrogens is 334 g/mol. The zero-order valence-corrected chi connectivity index (χ0v) is 14.6. The fourth-order valence-corrected chi connectivity index (χ4v) is 4.04. The minimum absolute atomic E-state index is 0.784. The van der Waals surface area contributed by atoms with Crippen LogP contribution in [0.2, 0.25) is 5.02 Å². The van der Waals surface area contributed by atoms with Crippen LogP contribution in [0.1, 0.15) is 16.3 Å². The van der Waals surface area contributed by atoms with E-state index in [1.54, 1.807) is 23.1 Å². The molecule has 0 unspecified atom stereocenters. The van der Waals surface area contributed by atoms with E-state index in [4.69, 9.17) is 11.6 Å². The van der Waals surface area contributed by atoms with Crippen molar-refractivity contribution in [2.45, 2.75) is 24.6 Å². The topological polar surface area (TPSA) is 38.7 Å². The number of aryl methyl sites for hydroxylation is 2. The van der Waals surface area contributed by atoms with Gasteiger partial charge in [0.1, 0.15) is 10.7 Å². The third-order valence-electron chi connectivity index (χ3n) is 3.11. The highest BCUT2D eigenvalue weighted by molar-refractivity contribution is 7.98. The molecule has 0 spiro atoms. The fraction of sp³-hybridized carbons (Fsp3) is 0.188. The molecule has 0 N–H and O–H groups in total. The van der Waals surface area contributed by atoms with Crippen LogP contribution in [0.5, 0.6) is 0 Å². The first-order valence-corrected chi connectivity index (χ1v) is 8.96. The molecule has 3 aromatic rings. The summed E-state index contributed by atoms with van der Waals surface area (Å²) in [4.78, 5) is 5.52. The molecule has 0 aliphatic carbocycles. The van der Waals surface area contributed by atoms with Gasteiger partial charge in [0.25, 0.3) is 0 Å². The van der Waals surface area contributed by atoms with Crippen LogP contribution in [0.15, 0.2) is 41.4 Å². The molecule has 0 saturated heterocycles. The summed E-state index contributed by atoms with van der Waals surface area (Å²) in [5.41, 5.74) is 2.99. The maximum Gasteiger partial charge on any atom is 0.119 e. The van der Waals surface area contributed by atoms with Crippen LogP contribution in [0.4, 0.5) is 0 Å². The highest BCUT2D eigenvalue weighted by atomic mass is 35.5. The molecule has 112 valence electrons. The number of thioether (sulfide) groups is 1. The van der Waals surface area contributed by atoms with Crippen molar-refractivity contribution in [1.29, 1.82) is 0 Å². The Labute approximate surface area is 142 Å². The van der Waals surface area contributed by atoms with Gasteiger partial charge in [-0.15, -0.1) is 21.5 Å². The van der Waals surface area contributed by atoms with E-state index in [9.17, 15) is 0 Å². The van der Waals surface area contributed by atoms with Gasteiger partial charge in [0, 0.05) is 10.8 Å². The van der Waals surface area contributed by atoms with Gasteiger partial charge in [-0.2, -0.15) is 0 Å². The van der Waals surface area contributed by atoms with Crippen molar-refractivity contribution >= 4 is 34.7 Å². The first kappa shape index (κ1) is 15.5. The lowest BCUT2D eigenvalue weighted by Crippen LogP contribution is -1.90. The lowest BCUT2D eigenvalue weighted by molar-refractivity contribution is 0.935. The van der Waals surface area contributed by atoms with Crippen molar-refractivity contribution in [3.8, 4) is 10.6 Å². The van der Waals surface area contributed by atoms with E-state index in [0.29, 0.717) is 0 Å². The van der Waals surface area contributed by atoms with E-state index in [1.807, 2.05) is 50.2 Å². The summed E-state index contributed by atoms with van der Waals surface area (Å²) in [6.45, 7) is 4.00. The second-order valence-corrected chi connectivity index (χ2v) is 7.39. The molecule has 22 heavy (non-hydrogen) atoms. The van der Waals surface area contributed by atoms with E-state index >= 15 is 0 Å². The molecular formula is C16H14ClN3S2.